The Bertz CT molecular complexity index is 724. The van der Waals surface area contributed by atoms with Crippen molar-refractivity contribution >= 4 is 5.91 Å². The van der Waals surface area contributed by atoms with E-state index in [4.69, 9.17) is 9.47 Å². The smallest absolute Gasteiger partial charge is 0.251 e. The molecule has 1 aliphatic rings. The summed E-state index contributed by atoms with van der Waals surface area (Å²) in [7, 11) is 3.21. The lowest BCUT2D eigenvalue weighted by molar-refractivity contribution is 0.0234. The first-order valence-corrected chi connectivity index (χ1v) is 8.67. The Morgan fingerprint density at radius 1 is 1.23 bits per heavy atom. The van der Waals surface area contributed by atoms with Gasteiger partial charge in [-0.3, -0.25) is 4.79 Å². The van der Waals surface area contributed by atoms with Crippen molar-refractivity contribution in [2.45, 2.75) is 31.6 Å². The molecule has 1 fully saturated rings. The first-order valence-electron chi connectivity index (χ1n) is 8.67. The molecule has 26 heavy (non-hydrogen) atoms. The summed E-state index contributed by atoms with van der Waals surface area (Å²) >= 11 is 0. The van der Waals surface area contributed by atoms with Crippen LogP contribution in [0.3, 0.4) is 0 Å². The van der Waals surface area contributed by atoms with Crippen LogP contribution in [-0.4, -0.2) is 36.3 Å². The van der Waals surface area contributed by atoms with Gasteiger partial charge in [0.1, 0.15) is 0 Å². The van der Waals surface area contributed by atoms with Gasteiger partial charge in [-0.1, -0.05) is 18.2 Å². The van der Waals surface area contributed by atoms with Crippen LogP contribution < -0.4 is 10.1 Å². The zero-order valence-corrected chi connectivity index (χ0v) is 15.0. The number of aliphatic hydroxyl groups is 1. The third kappa shape index (κ3) is 4.20. The predicted octanol–water partition coefficient (Wildman–Crippen LogP) is 2.48. The minimum atomic E-state index is -0.293. The van der Waals surface area contributed by atoms with Crippen molar-refractivity contribution in [1.82, 2.24) is 10.3 Å². The first kappa shape index (κ1) is 18.4. The van der Waals surface area contributed by atoms with Crippen LogP contribution in [0.15, 0.2) is 42.6 Å². The Morgan fingerprint density at radius 3 is 2.50 bits per heavy atom. The molecule has 0 saturated heterocycles. The summed E-state index contributed by atoms with van der Waals surface area (Å²) in [5, 5.41) is 12.8. The van der Waals surface area contributed by atoms with Gasteiger partial charge in [0.15, 0.2) is 0 Å². The van der Waals surface area contributed by atoms with E-state index in [-0.39, 0.29) is 24.0 Å². The number of carbonyl (C=O) groups excluding carboxylic acids is 1. The zero-order valence-electron chi connectivity index (χ0n) is 15.0. The third-order valence-electron chi connectivity index (χ3n) is 4.76. The molecule has 0 aliphatic heterocycles. The number of aliphatic hydroxyl groups excluding tert-OH is 1. The van der Waals surface area contributed by atoms with Crippen molar-refractivity contribution in [1.29, 1.82) is 0 Å². The molecule has 6 nitrogen and oxygen atoms in total. The van der Waals surface area contributed by atoms with Crippen molar-refractivity contribution in [2.24, 2.45) is 5.92 Å². The normalized spacial score (nSPS) is 20.1. The maximum Gasteiger partial charge on any atom is 0.251 e. The fourth-order valence-corrected chi connectivity index (χ4v) is 3.22. The minimum absolute atomic E-state index is 0.142. The second kappa shape index (κ2) is 8.29. The minimum Gasteiger partial charge on any atom is -0.481 e. The van der Waals surface area contributed by atoms with Crippen molar-refractivity contribution < 1.29 is 19.4 Å². The van der Waals surface area contributed by atoms with Gasteiger partial charge >= 0.3 is 0 Å². The van der Waals surface area contributed by atoms with E-state index in [9.17, 15) is 9.90 Å². The standard InChI is InChI=1S/C20H24N2O4/c1-25-12-13-3-5-14(6-4-13)20(24)22-19(16-9-17(23)10-16)15-7-8-18(26-2)21-11-15/h3-8,11,16-17,19,23H,9-10,12H2,1-2H3,(H,22,24). The SMILES string of the molecule is COCc1ccc(C(=O)NC(c2ccc(OC)nc2)C2CC(O)C2)cc1. The van der Waals surface area contributed by atoms with Crippen LogP contribution in [0.2, 0.25) is 0 Å². The molecule has 1 atom stereocenters. The van der Waals surface area contributed by atoms with Crippen molar-refractivity contribution in [3.63, 3.8) is 0 Å². The van der Waals surface area contributed by atoms with Gasteiger partial charge in [-0.15, -0.1) is 0 Å². The van der Waals surface area contributed by atoms with Crippen LogP contribution in [0.1, 0.15) is 40.4 Å². The van der Waals surface area contributed by atoms with Gasteiger partial charge in [-0.25, -0.2) is 4.98 Å². The maximum atomic E-state index is 12.7. The summed E-state index contributed by atoms with van der Waals surface area (Å²) in [5.74, 6) is 0.578. The van der Waals surface area contributed by atoms with Gasteiger partial charge in [-0.2, -0.15) is 0 Å². The molecule has 1 aromatic heterocycles. The van der Waals surface area contributed by atoms with Crippen molar-refractivity contribution in [3.05, 3.63) is 59.3 Å². The molecule has 1 heterocycles. The van der Waals surface area contributed by atoms with Crippen LogP contribution in [-0.2, 0) is 11.3 Å². The average Bonchev–Trinajstić information content (AvgIpc) is 2.65. The number of methoxy groups -OCH3 is 2. The molecule has 1 aliphatic carbocycles. The number of nitrogens with one attached hydrogen (secondary N) is 1. The van der Waals surface area contributed by atoms with Gasteiger partial charge in [0.05, 0.1) is 25.9 Å². The molecule has 1 unspecified atom stereocenters. The summed E-state index contributed by atoms with van der Waals surface area (Å²) in [4.78, 5) is 16.9. The Morgan fingerprint density at radius 2 is 1.96 bits per heavy atom. The summed E-state index contributed by atoms with van der Waals surface area (Å²) in [5.41, 5.74) is 2.52. The quantitative estimate of drug-likeness (QED) is 0.797. The fraction of sp³-hybridized carbons (Fsp3) is 0.400. The highest BCUT2D eigenvalue weighted by molar-refractivity contribution is 5.94. The molecule has 2 N–H and O–H groups in total. The lowest BCUT2D eigenvalue weighted by atomic mass is 9.75. The van der Waals surface area contributed by atoms with E-state index in [0.717, 1.165) is 11.1 Å². The molecule has 0 bridgehead atoms. The van der Waals surface area contributed by atoms with Crippen LogP contribution in [0, 0.1) is 5.92 Å². The number of pyridine rings is 1. The van der Waals surface area contributed by atoms with E-state index in [1.807, 2.05) is 18.2 Å². The number of aromatic nitrogens is 1. The van der Waals surface area contributed by atoms with E-state index in [1.54, 1.807) is 38.6 Å². The number of rotatable bonds is 7. The van der Waals surface area contributed by atoms with Crippen molar-refractivity contribution in [2.75, 3.05) is 14.2 Å². The average molecular weight is 356 g/mol. The van der Waals surface area contributed by atoms with Gasteiger partial charge in [0.2, 0.25) is 5.88 Å². The third-order valence-corrected chi connectivity index (χ3v) is 4.76. The summed E-state index contributed by atoms with van der Waals surface area (Å²) in [6.07, 6.45) is 2.77. The monoisotopic (exact) mass is 356 g/mol. The molecule has 0 spiro atoms. The summed E-state index contributed by atoms with van der Waals surface area (Å²) in [6, 6.07) is 10.9. The van der Waals surface area contributed by atoms with E-state index in [0.29, 0.717) is 30.9 Å². The van der Waals surface area contributed by atoms with Crippen LogP contribution >= 0.6 is 0 Å². The largest absolute Gasteiger partial charge is 0.481 e. The maximum absolute atomic E-state index is 12.7. The molecule has 0 radical (unpaired) electrons. The van der Waals surface area contributed by atoms with Gasteiger partial charge in [0, 0.05) is 24.9 Å². The number of hydrogen-bond acceptors (Lipinski definition) is 5. The molecule has 2 aromatic rings. The molecule has 1 aromatic carbocycles. The van der Waals surface area contributed by atoms with Crippen LogP contribution in [0.5, 0.6) is 5.88 Å². The van der Waals surface area contributed by atoms with Gasteiger partial charge in [0.25, 0.3) is 5.91 Å². The predicted molar refractivity (Wildman–Crippen MR) is 96.9 cm³/mol. The molecule has 1 saturated carbocycles. The molecule has 3 rings (SSSR count). The Balaban J connectivity index is 1.75. The fourth-order valence-electron chi connectivity index (χ4n) is 3.22. The topological polar surface area (TPSA) is 80.7 Å². The summed E-state index contributed by atoms with van der Waals surface area (Å²) < 4.78 is 10.2. The zero-order chi connectivity index (χ0) is 18.5. The highest BCUT2D eigenvalue weighted by atomic mass is 16.5. The Labute approximate surface area is 153 Å². The second-order valence-corrected chi connectivity index (χ2v) is 6.60. The number of ether oxygens (including phenoxy) is 2. The number of carbonyl (C=O) groups is 1. The van der Waals surface area contributed by atoms with E-state index in [1.165, 1.54) is 0 Å². The van der Waals surface area contributed by atoms with E-state index in [2.05, 4.69) is 10.3 Å². The Kier molecular flexibility index (Phi) is 5.85. The number of nitrogens with zero attached hydrogens (tertiary/aromatic N) is 1. The summed E-state index contributed by atoms with van der Waals surface area (Å²) in [6.45, 7) is 0.516. The van der Waals surface area contributed by atoms with E-state index >= 15 is 0 Å². The van der Waals surface area contributed by atoms with Crippen LogP contribution in [0.25, 0.3) is 0 Å². The van der Waals surface area contributed by atoms with Gasteiger partial charge < -0.3 is 19.9 Å². The Hall–Kier alpha value is -2.44. The lowest BCUT2D eigenvalue weighted by Crippen LogP contribution is -2.41. The molecule has 6 heteroatoms. The highest BCUT2D eigenvalue weighted by Crippen LogP contribution is 2.38. The molecule has 1 amide bonds. The molecular weight excluding hydrogens is 332 g/mol. The lowest BCUT2D eigenvalue weighted by Gasteiger charge is -2.38. The molecular formula is C20H24N2O4. The first-order chi connectivity index (χ1) is 12.6. The second-order valence-electron chi connectivity index (χ2n) is 6.60. The van der Waals surface area contributed by atoms with Gasteiger partial charge in [-0.05, 0) is 42.0 Å². The number of amides is 1. The van der Waals surface area contributed by atoms with Crippen LogP contribution in [0.4, 0.5) is 0 Å². The van der Waals surface area contributed by atoms with E-state index < -0.39 is 0 Å². The number of hydrogen-bond donors (Lipinski definition) is 2. The molecule has 138 valence electrons. The number of benzene rings is 1. The highest BCUT2D eigenvalue weighted by Gasteiger charge is 2.36. The van der Waals surface area contributed by atoms with Crippen molar-refractivity contribution in [3.8, 4) is 5.88 Å².